The van der Waals surface area contributed by atoms with E-state index in [1.54, 1.807) is 29.0 Å². The number of rotatable bonds is 5. The Morgan fingerprint density at radius 1 is 1.20 bits per heavy atom. The maximum atomic E-state index is 12.1. The maximum absolute atomic E-state index is 12.1. The Hall–Kier alpha value is -3.42. The lowest BCUT2D eigenvalue weighted by Gasteiger charge is -2.16. The average molecular weight is 341 g/mol. The lowest BCUT2D eigenvalue weighted by molar-refractivity contribution is -0.384. The van der Waals surface area contributed by atoms with Crippen LogP contribution in [0.15, 0.2) is 54.7 Å². The number of nitrogens with two attached hydrogens (primary N) is 1. The smallest absolute Gasteiger partial charge is 0.338 e. The monoisotopic (exact) mass is 341 g/mol. The molecule has 2 atom stereocenters. The number of amides is 1. The molecule has 3 rings (SSSR count). The van der Waals surface area contributed by atoms with E-state index >= 15 is 0 Å². The molecule has 0 unspecified atom stereocenters. The fourth-order valence-electron chi connectivity index (χ4n) is 2.76. The largest absolute Gasteiger partial charge is 0.454 e. The second kappa shape index (κ2) is 6.60. The average Bonchev–Trinajstić information content (AvgIpc) is 3.23. The van der Waals surface area contributed by atoms with Crippen LogP contribution in [0.1, 0.15) is 33.3 Å². The molecule has 2 aromatic rings. The van der Waals surface area contributed by atoms with Crippen LogP contribution in [0.2, 0.25) is 0 Å². The highest BCUT2D eigenvalue weighted by Crippen LogP contribution is 2.27. The third-order valence-electron chi connectivity index (χ3n) is 3.98. The second-order valence-electron chi connectivity index (χ2n) is 5.60. The molecule has 1 aromatic heterocycles. The summed E-state index contributed by atoms with van der Waals surface area (Å²) >= 11 is 0. The highest BCUT2D eigenvalue weighted by atomic mass is 16.6. The van der Waals surface area contributed by atoms with Gasteiger partial charge in [-0.2, -0.15) is 0 Å². The van der Waals surface area contributed by atoms with E-state index in [0.717, 1.165) is 0 Å². The fraction of sp³-hybridized carbons (Fsp3) is 0.176. The molecule has 1 aromatic carbocycles. The number of ether oxygens (including phenoxy) is 1. The Labute approximate surface area is 142 Å². The number of carbonyl (C=O) groups excluding carboxylic acids is 2. The van der Waals surface area contributed by atoms with E-state index in [9.17, 15) is 19.7 Å². The van der Waals surface area contributed by atoms with Crippen LogP contribution >= 0.6 is 0 Å². The number of non-ortho nitro benzene ring substituents is 1. The van der Waals surface area contributed by atoms with E-state index in [1.807, 2.05) is 6.08 Å². The molecule has 1 heterocycles. The zero-order valence-corrected chi connectivity index (χ0v) is 13.1. The molecular weight excluding hydrogens is 326 g/mol. The minimum absolute atomic E-state index is 0.0936. The van der Waals surface area contributed by atoms with E-state index in [4.69, 9.17) is 10.5 Å². The summed E-state index contributed by atoms with van der Waals surface area (Å²) in [6, 6.07) is 8.44. The zero-order chi connectivity index (χ0) is 18.0. The summed E-state index contributed by atoms with van der Waals surface area (Å²) in [4.78, 5) is 33.6. The minimum Gasteiger partial charge on any atom is -0.454 e. The van der Waals surface area contributed by atoms with Crippen LogP contribution in [0.5, 0.6) is 0 Å². The number of nitrogens with zero attached hydrogens (tertiary/aromatic N) is 2. The first-order chi connectivity index (χ1) is 12.0. The summed E-state index contributed by atoms with van der Waals surface area (Å²) in [5.74, 6) is -1.09. The third-order valence-corrected chi connectivity index (χ3v) is 3.98. The van der Waals surface area contributed by atoms with Crippen molar-refractivity contribution >= 4 is 17.6 Å². The molecule has 1 aliphatic carbocycles. The van der Waals surface area contributed by atoms with E-state index in [1.165, 1.54) is 24.3 Å². The van der Waals surface area contributed by atoms with Gasteiger partial charge in [0.2, 0.25) is 0 Å². The number of hydrogen-bond donors (Lipinski definition) is 1. The van der Waals surface area contributed by atoms with E-state index < -0.39 is 22.9 Å². The summed E-state index contributed by atoms with van der Waals surface area (Å²) in [5, 5.41) is 10.6. The zero-order valence-electron chi connectivity index (χ0n) is 13.1. The first-order valence-electron chi connectivity index (χ1n) is 7.56. The van der Waals surface area contributed by atoms with Gasteiger partial charge in [0.05, 0.1) is 16.5 Å². The van der Waals surface area contributed by atoms with Gasteiger partial charge < -0.3 is 15.0 Å². The Bertz CT molecular complexity index is 853. The Kier molecular flexibility index (Phi) is 4.34. The number of aromatic nitrogens is 1. The third kappa shape index (κ3) is 3.42. The van der Waals surface area contributed by atoms with Gasteiger partial charge in [-0.25, -0.2) is 4.79 Å². The number of nitro groups is 1. The number of nitro benzene ring substituents is 1. The molecule has 0 radical (unpaired) electrons. The Morgan fingerprint density at radius 3 is 2.56 bits per heavy atom. The van der Waals surface area contributed by atoms with Crippen LogP contribution in [0.3, 0.4) is 0 Å². The fourth-order valence-corrected chi connectivity index (χ4v) is 2.76. The van der Waals surface area contributed by atoms with Gasteiger partial charge in [0, 0.05) is 24.8 Å². The van der Waals surface area contributed by atoms with Gasteiger partial charge in [-0.1, -0.05) is 6.08 Å². The van der Waals surface area contributed by atoms with E-state index in [2.05, 4.69) is 0 Å². The normalized spacial score (nSPS) is 18.9. The molecular formula is C17H15N3O5. The van der Waals surface area contributed by atoms with Crippen LogP contribution in [0, 0.1) is 10.1 Å². The van der Waals surface area contributed by atoms with Gasteiger partial charge in [-0.15, -0.1) is 0 Å². The van der Waals surface area contributed by atoms with E-state index in [0.29, 0.717) is 12.1 Å². The Balaban J connectivity index is 1.64. The van der Waals surface area contributed by atoms with Crippen LogP contribution in [0.25, 0.3) is 0 Å². The summed E-state index contributed by atoms with van der Waals surface area (Å²) in [5.41, 5.74) is 5.86. The summed E-state index contributed by atoms with van der Waals surface area (Å²) < 4.78 is 7.14. The van der Waals surface area contributed by atoms with Crippen molar-refractivity contribution in [2.75, 3.05) is 0 Å². The van der Waals surface area contributed by atoms with Crippen molar-refractivity contribution in [2.24, 2.45) is 5.73 Å². The lowest BCUT2D eigenvalue weighted by Crippen LogP contribution is -2.20. The molecule has 0 bridgehead atoms. The Morgan fingerprint density at radius 2 is 1.92 bits per heavy atom. The molecule has 8 nitrogen and oxygen atoms in total. The molecule has 0 fully saturated rings. The summed E-state index contributed by atoms with van der Waals surface area (Å²) in [6.07, 6.45) is 5.37. The number of esters is 1. The van der Waals surface area contributed by atoms with Crippen molar-refractivity contribution < 1.29 is 19.2 Å². The molecule has 128 valence electrons. The lowest BCUT2D eigenvalue weighted by atomic mass is 10.2. The van der Waals surface area contributed by atoms with Crippen molar-refractivity contribution in [3.8, 4) is 0 Å². The van der Waals surface area contributed by atoms with Gasteiger partial charge in [-0.05, 0) is 30.3 Å². The molecule has 1 aliphatic rings. The van der Waals surface area contributed by atoms with Crippen LogP contribution in [-0.2, 0) is 4.74 Å². The summed E-state index contributed by atoms with van der Waals surface area (Å²) in [7, 11) is 0. The van der Waals surface area contributed by atoms with Crippen molar-refractivity contribution in [3.63, 3.8) is 0 Å². The van der Waals surface area contributed by atoms with Crippen molar-refractivity contribution in [2.45, 2.75) is 18.6 Å². The van der Waals surface area contributed by atoms with Crippen LogP contribution < -0.4 is 5.73 Å². The van der Waals surface area contributed by atoms with E-state index in [-0.39, 0.29) is 17.3 Å². The van der Waals surface area contributed by atoms with Gasteiger partial charge in [0.25, 0.3) is 11.6 Å². The maximum Gasteiger partial charge on any atom is 0.338 e. The highest BCUT2D eigenvalue weighted by molar-refractivity contribution is 5.91. The van der Waals surface area contributed by atoms with Gasteiger partial charge in [0.15, 0.2) is 0 Å². The topological polar surface area (TPSA) is 117 Å². The van der Waals surface area contributed by atoms with Crippen molar-refractivity contribution in [3.05, 3.63) is 76.1 Å². The molecule has 0 spiro atoms. The quantitative estimate of drug-likeness (QED) is 0.387. The molecule has 0 saturated carbocycles. The van der Waals surface area contributed by atoms with Crippen molar-refractivity contribution in [1.82, 2.24) is 4.57 Å². The molecule has 0 aliphatic heterocycles. The van der Waals surface area contributed by atoms with Gasteiger partial charge >= 0.3 is 5.97 Å². The minimum atomic E-state index is -0.562. The second-order valence-corrected chi connectivity index (χ2v) is 5.60. The molecule has 1 amide bonds. The molecule has 0 saturated heterocycles. The first kappa shape index (κ1) is 16.4. The van der Waals surface area contributed by atoms with Crippen LogP contribution in [0.4, 0.5) is 5.69 Å². The standard InChI is InChI=1S/C17H15N3O5/c18-16(21)15-2-1-9-19(15)13-7-8-14(10-13)25-17(22)11-3-5-12(6-4-11)20(23)24/h1-9,13-14H,10H2,(H2,18,21)/t13-,14-/m0/s1. The number of hydrogen-bond acceptors (Lipinski definition) is 5. The molecule has 2 N–H and O–H groups in total. The number of benzene rings is 1. The number of primary amides is 1. The van der Waals surface area contributed by atoms with Gasteiger partial charge in [0.1, 0.15) is 11.8 Å². The predicted octanol–water partition coefficient (Wildman–Crippen LogP) is 2.22. The van der Waals surface area contributed by atoms with Gasteiger partial charge in [-0.3, -0.25) is 14.9 Å². The molecule has 25 heavy (non-hydrogen) atoms. The highest BCUT2D eigenvalue weighted by Gasteiger charge is 2.25. The first-order valence-corrected chi connectivity index (χ1v) is 7.56. The SMILES string of the molecule is NC(=O)c1cccn1[C@H]1C=C[C@H](OC(=O)c2ccc([N+](=O)[O-])cc2)C1. The number of allylic oxidation sites excluding steroid dienone is 1. The summed E-state index contributed by atoms with van der Waals surface area (Å²) in [6.45, 7) is 0. The van der Waals surface area contributed by atoms with Crippen molar-refractivity contribution in [1.29, 1.82) is 0 Å². The predicted molar refractivity (Wildman–Crippen MR) is 88.0 cm³/mol. The molecule has 8 heteroatoms. The van der Waals surface area contributed by atoms with Crippen LogP contribution in [-0.4, -0.2) is 27.5 Å². The number of carbonyl (C=O) groups is 2.